The molecule has 1 nitrogen and oxygen atoms in total. The molecule has 1 saturated heterocycles. The summed E-state index contributed by atoms with van der Waals surface area (Å²) in [5, 5.41) is 3.37. The molecule has 15 heavy (non-hydrogen) atoms. The van der Waals surface area contributed by atoms with Gasteiger partial charge in [0, 0.05) is 12.2 Å². The number of hydrogen-bond acceptors (Lipinski definition) is 1. The maximum atomic E-state index is 4.12. The highest BCUT2D eigenvalue weighted by atomic mass is 14.9. The van der Waals surface area contributed by atoms with Crippen LogP contribution in [0.3, 0.4) is 0 Å². The van der Waals surface area contributed by atoms with Crippen LogP contribution in [0.15, 0.2) is 23.4 Å². The molecule has 0 bridgehead atoms. The Kier molecular flexibility index (Phi) is 4.01. The molecule has 0 aromatic heterocycles. The summed E-state index contributed by atoms with van der Waals surface area (Å²) in [6.07, 6.45) is 4.95. The summed E-state index contributed by atoms with van der Waals surface area (Å²) in [5.74, 6) is 0. The van der Waals surface area contributed by atoms with E-state index in [1.54, 1.807) is 0 Å². The molecule has 1 aliphatic rings. The van der Waals surface area contributed by atoms with E-state index in [9.17, 15) is 0 Å². The summed E-state index contributed by atoms with van der Waals surface area (Å²) in [7, 11) is 0. The van der Waals surface area contributed by atoms with E-state index in [2.05, 4.69) is 39.6 Å². The molecule has 0 amide bonds. The first-order valence-corrected chi connectivity index (χ1v) is 6.12. The van der Waals surface area contributed by atoms with Gasteiger partial charge in [0.2, 0.25) is 0 Å². The highest BCUT2D eigenvalue weighted by Crippen LogP contribution is 2.36. The maximum Gasteiger partial charge on any atom is 0.0299 e. The fourth-order valence-electron chi connectivity index (χ4n) is 2.40. The van der Waals surface area contributed by atoms with Crippen molar-refractivity contribution in [1.29, 1.82) is 0 Å². The molecule has 0 aromatic rings. The number of rotatable bonds is 3. The molecule has 1 rings (SSSR count). The Morgan fingerprint density at radius 2 is 2.13 bits per heavy atom. The SMILES string of the molecule is C=C1NCCC/C1=C(\C)C(C)(C)CCC. The molecule has 0 unspecified atom stereocenters. The third-order valence-corrected chi connectivity index (χ3v) is 3.65. The smallest absolute Gasteiger partial charge is 0.0299 e. The monoisotopic (exact) mass is 207 g/mol. The van der Waals surface area contributed by atoms with Gasteiger partial charge in [-0.2, -0.15) is 0 Å². The van der Waals surface area contributed by atoms with Crippen molar-refractivity contribution in [1.82, 2.24) is 5.32 Å². The standard InChI is InChI=1S/C14H25N/c1-6-9-14(4,5)11(2)13-8-7-10-15-12(13)3/h15H,3,6-10H2,1-2,4-5H3/b13-11-. The average Bonchev–Trinajstić information content (AvgIpc) is 2.17. The third-order valence-electron chi connectivity index (χ3n) is 3.65. The molecule has 0 atom stereocenters. The predicted octanol–water partition coefficient (Wildman–Crippen LogP) is 4.03. The van der Waals surface area contributed by atoms with Crippen LogP contribution in [-0.4, -0.2) is 6.54 Å². The van der Waals surface area contributed by atoms with Crippen LogP contribution in [0.4, 0.5) is 0 Å². The van der Waals surface area contributed by atoms with Gasteiger partial charge in [0.05, 0.1) is 0 Å². The van der Waals surface area contributed by atoms with Crippen molar-refractivity contribution in [3.05, 3.63) is 23.4 Å². The maximum absolute atomic E-state index is 4.12. The fourth-order valence-corrected chi connectivity index (χ4v) is 2.40. The van der Waals surface area contributed by atoms with Crippen LogP contribution in [0.1, 0.15) is 53.4 Å². The molecule has 0 aliphatic carbocycles. The molecule has 0 spiro atoms. The molecule has 0 saturated carbocycles. The quantitative estimate of drug-likeness (QED) is 0.737. The van der Waals surface area contributed by atoms with Crippen LogP contribution in [0.2, 0.25) is 0 Å². The van der Waals surface area contributed by atoms with E-state index in [1.807, 2.05) is 0 Å². The molecule has 1 heterocycles. The lowest BCUT2D eigenvalue weighted by molar-refractivity contribution is 0.396. The third kappa shape index (κ3) is 2.87. The van der Waals surface area contributed by atoms with Gasteiger partial charge in [0.25, 0.3) is 0 Å². The minimum absolute atomic E-state index is 0.325. The molecular weight excluding hydrogens is 182 g/mol. The van der Waals surface area contributed by atoms with E-state index < -0.39 is 0 Å². The van der Waals surface area contributed by atoms with E-state index in [1.165, 1.54) is 36.8 Å². The number of nitrogens with one attached hydrogen (secondary N) is 1. The minimum Gasteiger partial charge on any atom is -0.385 e. The number of piperidine rings is 1. The molecule has 1 fully saturated rings. The lowest BCUT2D eigenvalue weighted by atomic mass is 9.77. The Hall–Kier alpha value is -0.720. The summed E-state index contributed by atoms with van der Waals surface area (Å²) in [5.41, 5.74) is 4.48. The van der Waals surface area contributed by atoms with Crippen molar-refractivity contribution < 1.29 is 0 Å². The topological polar surface area (TPSA) is 12.0 Å². The van der Waals surface area contributed by atoms with Crippen molar-refractivity contribution in [3.8, 4) is 0 Å². The molecular formula is C14H25N. The Bertz CT molecular complexity index is 271. The number of allylic oxidation sites excluding steroid dienone is 2. The van der Waals surface area contributed by atoms with Gasteiger partial charge in [-0.1, -0.05) is 39.3 Å². The molecule has 0 aromatic carbocycles. The van der Waals surface area contributed by atoms with Crippen molar-refractivity contribution in [2.24, 2.45) is 5.41 Å². The second kappa shape index (κ2) is 4.87. The molecule has 1 aliphatic heterocycles. The van der Waals surface area contributed by atoms with Gasteiger partial charge < -0.3 is 5.32 Å². The van der Waals surface area contributed by atoms with Crippen LogP contribution in [0, 0.1) is 5.41 Å². The first-order chi connectivity index (χ1) is 6.99. The van der Waals surface area contributed by atoms with E-state index in [0.29, 0.717) is 5.41 Å². The highest BCUT2D eigenvalue weighted by molar-refractivity contribution is 5.35. The van der Waals surface area contributed by atoms with Gasteiger partial charge >= 0.3 is 0 Å². The Balaban J connectivity index is 2.91. The van der Waals surface area contributed by atoms with E-state index in [4.69, 9.17) is 0 Å². The van der Waals surface area contributed by atoms with Crippen molar-refractivity contribution >= 4 is 0 Å². The summed E-state index contributed by atoms with van der Waals surface area (Å²) in [6.45, 7) is 14.4. The minimum atomic E-state index is 0.325. The van der Waals surface area contributed by atoms with Gasteiger partial charge in [-0.05, 0) is 37.2 Å². The molecule has 0 radical (unpaired) electrons. The summed E-state index contributed by atoms with van der Waals surface area (Å²) in [6, 6.07) is 0. The van der Waals surface area contributed by atoms with Crippen molar-refractivity contribution in [2.75, 3.05) is 6.54 Å². The predicted molar refractivity (Wildman–Crippen MR) is 67.8 cm³/mol. The second-order valence-corrected chi connectivity index (χ2v) is 5.25. The zero-order chi connectivity index (χ0) is 11.5. The van der Waals surface area contributed by atoms with Crippen LogP contribution in [-0.2, 0) is 0 Å². The first-order valence-electron chi connectivity index (χ1n) is 6.12. The second-order valence-electron chi connectivity index (χ2n) is 5.25. The van der Waals surface area contributed by atoms with Gasteiger partial charge in [0.15, 0.2) is 0 Å². The van der Waals surface area contributed by atoms with Crippen LogP contribution in [0.25, 0.3) is 0 Å². The average molecular weight is 207 g/mol. The Morgan fingerprint density at radius 1 is 1.47 bits per heavy atom. The van der Waals surface area contributed by atoms with E-state index in [0.717, 1.165) is 12.2 Å². The lowest BCUT2D eigenvalue weighted by Crippen LogP contribution is -2.25. The fraction of sp³-hybridized carbons (Fsp3) is 0.714. The normalized spacial score (nSPS) is 21.2. The Morgan fingerprint density at radius 3 is 2.67 bits per heavy atom. The summed E-state index contributed by atoms with van der Waals surface area (Å²) < 4.78 is 0. The lowest BCUT2D eigenvalue weighted by Gasteiger charge is -2.31. The van der Waals surface area contributed by atoms with Crippen LogP contribution in [0.5, 0.6) is 0 Å². The van der Waals surface area contributed by atoms with Crippen molar-refractivity contribution in [2.45, 2.75) is 53.4 Å². The highest BCUT2D eigenvalue weighted by Gasteiger charge is 2.23. The number of hydrogen-bond donors (Lipinski definition) is 1. The van der Waals surface area contributed by atoms with Gasteiger partial charge in [-0.25, -0.2) is 0 Å². The largest absolute Gasteiger partial charge is 0.385 e. The van der Waals surface area contributed by atoms with Crippen molar-refractivity contribution in [3.63, 3.8) is 0 Å². The van der Waals surface area contributed by atoms with Crippen LogP contribution < -0.4 is 5.32 Å². The molecule has 1 heteroatoms. The van der Waals surface area contributed by atoms with Crippen LogP contribution >= 0.6 is 0 Å². The van der Waals surface area contributed by atoms with E-state index in [-0.39, 0.29) is 0 Å². The zero-order valence-corrected chi connectivity index (χ0v) is 10.7. The molecule has 1 N–H and O–H groups in total. The zero-order valence-electron chi connectivity index (χ0n) is 10.7. The summed E-state index contributed by atoms with van der Waals surface area (Å²) >= 11 is 0. The van der Waals surface area contributed by atoms with E-state index >= 15 is 0 Å². The van der Waals surface area contributed by atoms with Gasteiger partial charge in [-0.3, -0.25) is 0 Å². The molecule has 86 valence electrons. The summed E-state index contributed by atoms with van der Waals surface area (Å²) in [4.78, 5) is 0. The first kappa shape index (κ1) is 12.4. The van der Waals surface area contributed by atoms with Gasteiger partial charge in [-0.15, -0.1) is 0 Å². The van der Waals surface area contributed by atoms with Gasteiger partial charge in [0.1, 0.15) is 0 Å². The Labute approximate surface area is 94.6 Å².